The number of amides is 1. The third kappa shape index (κ3) is 3.95. The van der Waals surface area contributed by atoms with Crippen molar-refractivity contribution in [2.45, 2.75) is 6.92 Å². The lowest BCUT2D eigenvalue weighted by molar-refractivity contribution is 0.102. The van der Waals surface area contributed by atoms with E-state index in [1.54, 1.807) is 31.4 Å². The number of rotatable bonds is 6. The molecule has 27 heavy (non-hydrogen) atoms. The fourth-order valence-electron chi connectivity index (χ4n) is 2.64. The Morgan fingerprint density at radius 3 is 2.70 bits per heavy atom. The zero-order valence-corrected chi connectivity index (χ0v) is 15.2. The number of nitrogens with zero attached hydrogens (tertiary/aromatic N) is 4. The molecule has 0 spiro atoms. The van der Waals surface area contributed by atoms with Crippen molar-refractivity contribution in [3.8, 4) is 17.2 Å². The Hall–Kier alpha value is -3.68. The summed E-state index contributed by atoms with van der Waals surface area (Å²) in [5.74, 6) is 0.795. The van der Waals surface area contributed by atoms with Crippen molar-refractivity contribution in [1.82, 2.24) is 20.2 Å². The molecule has 0 atom stereocenters. The summed E-state index contributed by atoms with van der Waals surface area (Å²) in [6.07, 6.45) is 5.21. The van der Waals surface area contributed by atoms with Gasteiger partial charge in [-0.2, -0.15) is 0 Å². The van der Waals surface area contributed by atoms with Gasteiger partial charge in [0.1, 0.15) is 6.33 Å². The van der Waals surface area contributed by atoms with Crippen LogP contribution in [0.15, 0.2) is 48.8 Å². The molecule has 3 aromatic rings. The minimum atomic E-state index is -0.268. The first kappa shape index (κ1) is 18.1. The van der Waals surface area contributed by atoms with Crippen molar-refractivity contribution in [2.75, 3.05) is 19.5 Å². The van der Waals surface area contributed by atoms with Crippen molar-refractivity contribution in [3.63, 3.8) is 0 Å². The highest BCUT2D eigenvalue weighted by molar-refractivity contribution is 6.05. The number of hydrogen-bond acceptors (Lipinski definition) is 6. The molecule has 0 aliphatic heterocycles. The van der Waals surface area contributed by atoms with E-state index in [4.69, 9.17) is 9.47 Å². The van der Waals surface area contributed by atoms with Gasteiger partial charge in [0.2, 0.25) is 0 Å². The molecule has 1 N–H and O–H groups in total. The third-order valence-electron chi connectivity index (χ3n) is 3.83. The molecule has 3 rings (SSSR count). The predicted octanol–water partition coefficient (Wildman–Crippen LogP) is 2.96. The molecule has 0 bridgehead atoms. The lowest BCUT2D eigenvalue weighted by atomic mass is 10.1. The summed E-state index contributed by atoms with van der Waals surface area (Å²) in [5.41, 5.74) is 2.57. The summed E-state index contributed by atoms with van der Waals surface area (Å²) in [6.45, 7) is 1.89. The molecule has 8 heteroatoms. The van der Waals surface area contributed by atoms with Crippen LogP contribution >= 0.6 is 0 Å². The number of nitrogens with one attached hydrogen (secondary N) is 1. The number of tetrazole rings is 1. The molecule has 0 aliphatic carbocycles. The highest BCUT2D eigenvalue weighted by Gasteiger charge is 2.15. The lowest BCUT2D eigenvalue weighted by Crippen LogP contribution is -2.13. The normalized spacial score (nSPS) is 10.8. The molecule has 0 saturated carbocycles. The van der Waals surface area contributed by atoms with Crippen LogP contribution in [-0.2, 0) is 0 Å². The van der Waals surface area contributed by atoms with E-state index in [0.29, 0.717) is 22.7 Å². The summed E-state index contributed by atoms with van der Waals surface area (Å²) in [7, 11) is 3.10. The molecule has 2 aromatic carbocycles. The van der Waals surface area contributed by atoms with E-state index in [1.807, 2.05) is 31.2 Å². The first-order valence-corrected chi connectivity index (χ1v) is 8.19. The van der Waals surface area contributed by atoms with E-state index in [0.717, 1.165) is 11.3 Å². The highest BCUT2D eigenvalue weighted by Crippen LogP contribution is 2.33. The van der Waals surface area contributed by atoms with Crippen molar-refractivity contribution >= 4 is 17.7 Å². The third-order valence-corrected chi connectivity index (χ3v) is 3.83. The van der Waals surface area contributed by atoms with Crippen molar-refractivity contribution in [1.29, 1.82) is 0 Å². The minimum Gasteiger partial charge on any atom is -0.493 e. The number of carbonyl (C=O) groups excluding carboxylic acids is 1. The van der Waals surface area contributed by atoms with Gasteiger partial charge in [0, 0.05) is 16.8 Å². The lowest BCUT2D eigenvalue weighted by Gasteiger charge is -2.13. The second-order valence-corrected chi connectivity index (χ2v) is 5.56. The number of ether oxygens (including phenoxy) is 2. The molecule has 1 amide bonds. The van der Waals surface area contributed by atoms with Crippen LogP contribution in [0.1, 0.15) is 22.8 Å². The molecular weight excluding hydrogens is 346 g/mol. The topological polar surface area (TPSA) is 91.2 Å². The van der Waals surface area contributed by atoms with E-state index in [2.05, 4.69) is 20.8 Å². The number of hydrogen-bond donors (Lipinski definition) is 1. The molecule has 8 nitrogen and oxygen atoms in total. The van der Waals surface area contributed by atoms with Crippen molar-refractivity contribution in [2.24, 2.45) is 0 Å². The van der Waals surface area contributed by atoms with E-state index in [9.17, 15) is 4.79 Å². The number of carbonyl (C=O) groups is 1. The maximum atomic E-state index is 12.8. The smallest absolute Gasteiger partial charge is 0.255 e. The van der Waals surface area contributed by atoms with Crippen LogP contribution in [0, 0.1) is 0 Å². The number of methoxy groups -OCH3 is 2. The monoisotopic (exact) mass is 365 g/mol. The van der Waals surface area contributed by atoms with Crippen molar-refractivity contribution in [3.05, 3.63) is 59.9 Å². The fourth-order valence-corrected chi connectivity index (χ4v) is 2.64. The van der Waals surface area contributed by atoms with E-state index >= 15 is 0 Å². The number of benzene rings is 2. The van der Waals surface area contributed by atoms with Crippen LogP contribution < -0.4 is 14.8 Å². The SMILES string of the molecule is C/C=C/c1cc(C(=O)Nc2cccc(-n3cnnn3)c2)cc(OC)c1OC. The summed E-state index contributed by atoms with van der Waals surface area (Å²) < 4.78 is 12.3. The Labute approximate surface area is 156 Å². The van der Waals surface area contributed by atoms with Crippen LogP contribution in [-0.4, -0.2) is 40.3 Å². The van der Waals surface area contributed by atoms with Gasteiger partial charge in [-0.1, -0.05) is 18.2 Å². The van der Waals surface area contributed by atoms with Crippen LogP contribution in [0.25, 0.3) is 11.8 Å². The van der Waals surface area contributed by atoms with Gasteiger partial charge < -0.3 is 14.8 Å². The maximum Gasteiger partial charge on any atom is 0.255 e. The van der Waals surface area contributed by atoms with E-state index in [-0.39, 0.29) is 5.91 Å². The second kappa shape index (κ2) is 8.13. The Morgan fingerprint density at radius 2 is 2.04 bits per heavy atom. The summed E-state index contributed by atoms with van der Waals surface area (Å²) in [4.78, 5) is 12.8. The highest BCUT2D eigenvalue weighted by atomic mass is 16.5. The molecule has 0 aliphatic rings. The first-order valence-electron chi connectivity index (χ1n) is 8.19. The molecule has 0 saturated heterocycles. The van der Waals surface area contributed by atoms with E-state index in [1.165, 1.54) is 18.1 Å². The van der Waals surface area contributed by atoms with Crippen LogP contribution in [0.5, 0.6) is 11.5 Å². The minimum absolute atomic E-state index is 0.268. The molecule has 0 radical (unpaired) electrons. The molecule has 138 valence electrons. The van der Waals surface area contributed by atoms with Crippen molar-refractivity contribution < 1.29 is 14.3 Å². The van der Waals surface area contributed by atoms with Gasteiger partial charge in [0.25, 0.3) is 5.91 Å². The summed E-state index contributed by atoms with van der Waals surface area (Å²) >= 11 is 0. The average molecular weight is 365 g/mol. The van der Waals surface area contributed by atoms with Crippen LogP contribution in [0.4, 0.5) is 5.69 Å². The summed E-state index contributed by atoms with van der Waals surface area (Å²) in [6, 6.07) is 10.6. The van der Waals surface area contributed by atoms with Gasteiger partial charge in [0.15, 0.2) is 11.5 Å². The number of allylic oxidation sites excluding steroid dienone is 1. The maximum absolute atomic E-state index is 12.8. The quantitative estimate of drug-likeness (QED) is 0.722. The van der Waals surface area contributed by atoms with Gasteiger partial charge in [-0.05, 0) is 47.7 Å². The first-order chi connectivity index (χ1) is 13.2. The zero-order chi connectivity index (χ0) is 19.2. The Kier molecular flexibility index (Phi) is 5.46. The van der Waals surface area contributed by atoms with Gasteiger partial charge >= 0.3 is 0 Å². The van der Waals surface area contributed by atoms with Crippen LogP contribution in [0.3, 0.4) is 0 Å². The second-order valence-electron chi connectivity index (χ2n) is 5.56. The zero-order valence-electron chi connectivity index (χ0n) is 15.2. The fraction of sp³-hybridized carbons (Fsp3) is 0.158. The standard InChI is InChI=1S/C19H19N5O3/c1-4-6-13-9-14(10-17(26-2)18(13)27-3)19(25)21-15-7-5-8-16(11-15)24-12-20-22-23-24/h4-12H,1-3H3,(H,21,25)/b6-4+. The molecular formula is C19H19N5O3. The Balaban J connectivity index is 1.90. The van der Waals surface area contributed by atoms with Gasteiger partial charge in [0.05, 0.1) is 19.9 Å². The van der Waals surface area contributed by atoms with Gasteiger partial charge in [-0.25, -0.2) is 4.68 Å². The Bertz CT molecular complexity index is 967. The largest absolute Gasteiger partial charge is 0.493 e. The summed E-state index contributed by atoms with van der Waals surface area (Å²) in [5, 5.41) is 13.9. The molecule has 0 unspecified atom stereocenters. The Morgan fingerprint density at radius 1 is 1.19 bits per heavy atom. The average Bonchev–Trinajstić information content (AvgIpc) is 3.22. The molecule has 0 fully saturated rings. The number of anilines is 1. The van der Waals surface area contributed by atoms with Crippen LogP contribution in [0.2, 0.25) is 0 Å². The van der Waals surface area contributed by atoms with E-state index < -0.39 is 0 Å². The van der Waals surface area contributed by atoms with Gasteiger partial charge in [-0.3, -0.25) is 4.79 Å². The predicted molar refractivity (Wildman–Crippen MR) is 101 cm³/mol. The molecule has 1 heterocycles. The molecule has 1 aromatic heterocycles. The van der Waals surface area contributed by atoms with Gasteiger partial charge in [-0.15, -0.1) is 5.10 Å². The number of aromatic nitrogens is 4.